The van der Waals surface area contributed by atoms with E-state index in [1.54, 1.807) is 0 Å². The Morgan fingerprint density at radius 1 is 1.06 bits per heavy atom. The zero-order valence-electron chi connectivity index (χ0n) is 10.6. The van der Waals surface area contributed by atoms with Crippen LogP contribution >= 0.6 is 0 Å². The van der Waals surface area contributed by atoms with Gasteiger partial charge in [0, 0.05) is 25.5 Å². The van der Waals surface area contributed by atoms with Crippen LogP contribution in [0.4, 0.5) is 0 Å². The predicted octanol–water partition coefficient (Wildman–Crippen LogP) is 2.17. The zero-order chi connectivity index (χ0) is 12.8. The molecule has 0 aliphatic carbocycles. The molecule has 1 aromatic carbocycles. The summed E-state index contributed by atoms with van der Waals surface area (Å²) in [5.74, 6) is 0. The van der Waals surface area contributed by atoms with Crippen LogP contribution in [0, 0.1) is 6.92 Å². The van der Waals surface area contributed by atoms with Crippen molar-refractivity contribution in [3.63, 3.8) is 0 Å². The fourth-order valence-corrected chi connectivity index (χ4v) is 1.90. The number of benzene rings is 1. The molecule has 0 radical (unpaired) electrons. The third-order valence-corrected chi connectivity index (χ3v) is 2.76. The van der Waals surface area contributed by atoms with Crippen LogP contribution in [0.2, 0.25) is 0 Å². The van der Waals surface area contributed by atoms with Gasteiger partial charge in [-0.1, -0.05) is 30.3 Å². The molecule has 1 heterocycles. The highest BCUT2D eigenvalue weighted by atomic mass is 16.3. The summed E-state index contributed by atoms with van der Waals surface area (Å²) in [7, 11) is 0. The average molecular weight is 242 g/mol. The fourth-order valence-electron chi connectivity index (χ4n) is 1.90. The van der Waals surface area contributed by atoms with Gasteiger partial charge in [-0.25, -0.2) is 0 Å². The standard InChI is InChI=1S/C15H18N2O/c1-12-5-15(9-16-7-12)10-17-8-13-3-2-4-14(6-13)11-18/h2-7,9,17-18H,8,10-11H2,1H3. The van der Waals surface area contributed by atoms with E-state index >= 15 is 0 Å². The van der Waals surface area contributed by atoms with Gasteiger partial charge in [-0.15, -0.1) is 0 Å². The molecule has 2 rings (SSSR count). The Morgan fingerprint density at radius 2 is 1.83 bits per heavy atom. The maximum atomic E-state index is 9.07. The second-order valence-corrected chi connectivity index (χ2v) is 4.45. The number of aryl methyl sites for hydroxylation is 1. The van der Waals surface area contributed by atoms with Crippen LogP contribution in [0.15, 0.2) is 42.7 Å². The van der Waals surface area contributed by atoms with Crippen molar-refractivity contribution in [2.75, 3.05) is 0 Å². The van der Waals surface area contributed by atoms with Crippen LogP contribution in [-0.4, -0.2) is 10.1 Å². The van der Waals surface area contributed by atoms with E-state index in [1.807, 2.05) is 37.5 Å². The largest absolute Gasteiger partial charge is 0.392 e. The lowest BCUT2D eigenvalue weighted by Gasteiger charge is -2.06. The fraction of sp³-hybridized carbons (Fsp3) is 0.267. The Hall–Kier alpha value is -1.71. The summed E-state index contributed by atoms with van der Waals surface area (Å²) in [6.07, 6.45) is 3.73. The third kappa shape index (κ3) is 3.65. The van der Waals surface area contributed by atoms with Crippen LogP contribution in [-0.2, 0) is 19.7 Å². The maximum absolute atomic E-state index is 9.07. The maximum Gasteiger partial charge on any atom is 0.0681 e. The quantitative estimate of drug-likeness (QED) is 0.844. The van der Waals surface area contributed by atoms with Crippen molar-refractivity contribution in [1.29, 1.82) is 0 Å². The number of aliphatic hydroxyl groups excluding tert-OH is 1. The second kappa shape index (κ2) is 6.28. The number of nitrogens with one attached hydrogen (secondary N) is 1. The summed E-state index contributed by atoms with van der Waals surface area (Å²) in [4.78, 5) is 4.16. The van der Waals surface area contributed by atoms with Gasteiger partial charge in [0.1, 0.15) is 0 Å². The minimum atomic E-state index is 0.0929. The van der Waals surface area contributed by atoms with Gasteiger partial charge in [0.15, 0.2) is 0 Å². The van der Waals surface area contributed by atoms with Crippen LogP contribution in [0.1, 0.15) is 22.3 Å². The number of aromatic nitrogens is 1. The molecule has 0 fully saturated rings. The molecule has 94 valence electrons. The third-order valence-electron chi connectivity index (χ3n) is 2.76. The molecule has 0 amide bonds. The van der Waals surface area contributed by atoms with Gasteiger partial charge in [-0.05, 0) is 29.2 Å². The van der Waals surface area contributed by atoms with Crippen molar-refractivity contribution in [3.8, 4) is 0 Å². The minimum absolute atomic E-state index is 0.0929. The van der Waals surface area contributed by atoms with Crippen molar-refractivity contribution in [1.82, 2.24) is 10.3 Å². The molecule has 3 nitrogen and oxygen atoms in total. The van der Waals surface area contributed by atoms with E-state index in [4.69, 9.17) is 5.11 Å². The topological polar surface area (TPSA) is 45.2 Å². The van der Waals surface area contributed by atoms with Gasteiger partial charge in [0.25, 0.3) is 0 Å². The normalized spacial score (nSPS) is 10.6. The number of aliphatic hydroxyl groups is 1. The highest BCUT2D eigenvalue weighted by Gasteiger charge is 1.97. The molecule has 1 aromatic heterocycles. The molecule has 0 unspecified atom stereocenters. The summed E-state index contributed by atoms with van der Waals surface area (Å²) in [5, 5.41) is 12.4. The highest BCUT2D eigenvalue weighted by molar-refractivity contribution is 5.23. The van der Waals surface area contributed by atoms with Gasteiger partial charge >= 0.3 is 0 Å². The van der Waals surface area contributed by atoms with Gasteiger partial charge in [-0.3, -0.25) is 4.98 Å². The lowest BCUT2D eigenvalue weighted by molar-refractivity contribution is 0.281. The number of rotatable bonds is 5. The Labute approximate surface area is 108 Å². The molecule has 0 aliphatic rings. The molecule has 2 aromatic rings. The molecule has 0 spiro atoms. The Kier molecular flexibility index (Phi) is 4.45. The molecule has 18 heavy (non-hydrogen) atoms. The first-order valence-corrected chi connectivity index (χ1v) is 6.08. The molecular formula is C15H18N2O. The van der Waals surface area contributed by atoms with E-state index in [-0.39, 0.29) is 6.61 Å². The zero-order valence-corrected chi connectivity index (χ0v) is 10.6. The van der Waals surface area contributed by atoms with Gasteiger partial charge in [0.05, 0.1) is 6.61 Å². The summed E-state index contributed by atoms with van der Waals surface area (Å²) in [6, 6.07) is 10.1. The summed E-state index contributed by atoms with van der Waals surface area (Å²) >= 11 is 0. The minimum Gasteiger partial charge on any atom is -0.392 e. The summed E-state index contributed by atoms with van der Waals surface area (Å²) in [6.45, 7) is 3.73. The van der Waals surface area contributed by atoms with Crippen LogP contribution in [0.25, 0.3) is 0 Å². The van der Waals surface area contributed by atoms with Crippen molar-refractivity contribution >= 4 is 0 Å². The van der Waals surface area contributed by atoms with E-state index in [9.17, 15) is 0 Å². The lowest BCUT2D eigenvalue weighted by atomic mass is 10.1. The van der Waals surface area contributed by atoms with Gasteiger partial charge in [0.2, 0.25) is 0 Å². The van der Waals surface area contributed by atoms with E-state index in [2.05, 4.69) is 22.4 Å². The van der Waals surface area contributed by atoms with Crippen LogP contribution < -0.4 is 5.32 Å². The Morgan fingerprint density at radius 3 is 2.61 bits per heavy atom. The van der Waals surface area contributed by atoms with Gasteiger partial charge in [-0.2, -0.15) is 0 Å². The summed E-state index contributed by atoms with van der Waals surface area (Å²) < 4.78 is 0. The monoisotopic (exact) mass is 242 g/mol. The molecule has 0 saturated heterocycles. The van der Waals surface area contributed by atoms with Crippen LogP contribution in [0.5, 0.6) is 0 Å². The smallest absolute Gasteiger partial charge is 0.0681 e. The number of pyridine rings is 1. The van der Waals surface area contributed by atoms with E-state index in [0.29, 0.717) is 0 Å². The van der Waals surface area contributed by atoms with Crippen LogP contribution in [0.3, 0.4) is 0 Å². The second-order valence-electron chi connectivity index (χ2n) is 4.45. The van der Waals surface area contributed by atoms with Crippen molar-refractivity contribution in [2.45, 2.75) is 26.6 Å². The van der Waals surface area contributed by atoms with Crippen molar-refractivity contribution in [2.24, 2.45) is 0 Å². The SMILES string of the molecule is Cc1cncc(CNCc2cccc(CO)c2)c1. The molecular weight excluding hydrogens is 224 g/mol. The first kappa shape index (κ1) is 12.7. The lowest BCUT2D eigenvalue weighted by Crippen LogP contribution is -2.13. The number of hydrogen-bond donors (Lipinski definition) is 2. The number of nitrogens with zero attached hydrogens (tertiary/aromatic N) is 1. The van der Waals surface area contributed by atoms with Crippen molar-refractivity contribution in [3.05, 3.63) is 65.0 Å². The highest BCUT2D eigenvalue weighted by Crippen LogP contribution is 2.06. The van der Waals surface area contributed by atoms with E-state index < -0.39 is 0 Å². The average Bonchev–Trinajstić information content (AvgIpc) is 2.39. The van der Waals surface area contributed by atoms with E-state index in [0.717, 1.165) is 18.7 Å². The molecule has 0 saturated carbocycles. The first-order chi connectivity index (χ1) is 8.78. The van der Waals surface area contributed by atoms with Gasteiger partial charge < -0.3 is 10.4 Å². The molecule has 0 bridgehead atoms. The molecule has 3 heteroatoms. The molecule has 0 aliphatic heterocycles. The first-order valence-electron chi connectivity index (χ1n) is 6.08. The Balaban J connectivity index is 1.88. The number of hydrogen-bond acceptors (Lipinski definition) is 3. The van der Waals surface area contributed by atoms with Crippen molar-refractivity contribution < 1.29 is 5.11 Å². The summed E-state index contributed by atoms with van der Waals surface area (Å²) in [5.41, 5.74) is 4.50. The molecule has 0 atom stereocenters. The van der Waals surface area contributed by atoms with E-state index in [1.165, 1.54) is 16.7 Å². The molecule has 2 N–H and O–H groups in total. The Bertz CT molecular complexity index is 511. The predicted molar refractivity (Wildman–Crippen MR) is 71.9 cm³/mol.